The molecule has 1 fully saturated rings. The van der Waals surface area contributed by atoms with Crippen LogP contribution in [0.4, 0.5) is 10.1 Å². The van der Waals surface area contributed by atoms with Crippen molar-refractivity contribution >= 4 is 11.7 Å². The Balaban J connectivity index is 1.58. The maximum absolute atomic E-state index is 13.8. The van der Waals surface area contributed by atoms with Gasteiger partial charge in [0.05, 0.1) is 5.56 Å². The van der Waals surface area contributed by atoms with Gasteiger partial charge in [-0.1, -0.05) is 18.2 Å². The summed E-state index contributed by atoms with van der Waals surface area (Å²) in [6.07, 6.45) is 0.143. The Labute approximate surface area is 146 Å². The van der Waals surface area contributed by atoms with Crippen LogP contribution in [-0.4, -0.2) is 32.1 Å². The molecule has 4 rings (SSSR count). The lowest BCUT2D eigenvalue weighted by Crippen LogP contribution is -2.43. The lowest BCUT2D eigenvalue weighted by Gasteiger charge is -2.29. The second-order valence-corrected chi connectivity index (χ2v) is 6.69. The maximum atomic E-state index is 13.8. The lowest BCUT2D eigenvalue weighted by molar-refractivity contribution is 0.0387. The van der Waals surface area contributed by atoms with Crippen molar-refractivity contribution in [2.24, 2.45) is 0 Å². The van der Waals surface area contributed by atoms with Crippen LogP contribution in [0.2, 0.25) is 0 Å². The molecule has 130 valence electrons. The van der Waals surface area contributed by atoms with Gasteiger partial charge in [-0.2, -0.15) is 0 Å². The summed E-state index contributed by atoms with van der Waals surface area (Å²) >= 11 is 0. The molecule has 1 N–H and O–H groups in total. The van der Waals surface area contributed by atoms with Crippen LogP contribution in [0.15, 0.2) is 36.4 Å². The van der Waals surface area contributed by atoms with Gasteiger partial charge in [0.15, 0.2) is 0 Å². The Morgan fingerprint density at radius 2 is 2.00 bits per heavy atom. The molecule has 0 radical (unpaired) electrons. The maximum Gasteiger partial charge on any atom is 0.339 e. The van der Waals surface area contributed by atoms with Crippen molar-refractivity contribution in [2.75, 3.05) is 31.1 Å². The topological polar surface area (TPSA) is 41.6 Å². The Morgan fingerprint density at radius 3 is 2.76 bits per heavy atom. The minimum atomic E-state index is -0.346. The molecule has 1 unspecified atom stereocenters. The summed E-state index contributed by atoms with van der Waals surface area (Å²) in [5, 5.41) is 3.32. The van der Waals surface area contributed by atoms with Gasteiger partial charge in [0.25, 0.3) is 0 Å². The van der Waals surface area contributed by atoms with Gasteiger partial charge >= 0.3 is 5.97 Å². The van der Waals surface area contributed by atoms with Gasteiger partial charge in [0.2, 0.25) is 0 Å². The predicted octanol–water partition coefficient (Wildman–Crippen LogP) is 3.00. The van der Waals surface area contributed by atoms with Crippen LogP contribution in [-0.2, 0) is 11.2 Å². The van der Waals surface area contributed by atoms with Crippen molar-refractivity contribution < 1.29 is 13.9 Å². The van der Waals surface area contributed by atoms with Gasteiger partial charge in [0, 0.05) is 43.9 Å². The van der Waals surface area contributed by atoms with Gasteiger partial charge in [-0.25, -0.2) is 9.18 Å². The molecule has 1 saturated heterocycles. The van der Waals surface area contributed by atoms with Crippen molar-refractivity contribution in [1.82, 2.24) is 5.32 Å². The summed E-state index contributed by atoms with van der Waals surface area (Å²) in [7, 11) is 0. The summed E-state index contributed by atoms with van der Waals surface area (Å²) in [5.74, 6) is -0.513. The van der Waals surface area contributed by atoms with Crippen LogP contribution in [0.25, 0.3) is 0 Å². The second kappa shape index (κ2) is 6.48. The first kappa shape index (κ1) is 16.1. The summed E-state index contributed by atoms with van der Waals surface area (Å²) in [5.41, 5.74) is 4.03. The fraction of sp³-hybridized carbons (Fsp3) is 0.350. The van der Waals surface area contributed by atoms with E-state index in [0.717, 1.165) is 43.0 Å². The molecule has 4 nitrogen and oxygen atoms in total. The van der Waals surface area contributed by atoms with Crippen LogP contribution in [0.3, 0.4) is 0 Å². The van der Waals surface area contributed by atoms with Crippen molar-refractivity contribution in [3.05, 3.63) is 64.5 Å². The number of piperazine rings is 1. The molecule has 0 amide bonds. The van der Waals surface area contributed by atoms with E-state index in [-0.39, 0.29) is 17.9 Å². The predicted molar refractivity (Wildman–Crippen MR) is 94.5 cm³/mol. The number of halogens is 1. The first-order valence-corrected chi connectivity index (χ1v) is 8.67. The fourth-order valence-corrected chi connectivity index (χ4v) is 3.51. The summed E-state index contributed by atoms with van der Waals surface area (Å²) in [6.45, 7) is 5.49. The first-order valence-electron chi connectivity index (χ1n) is 8.67. The number of nitrogens with one attached hydrogen (secondary N) is 1. The number of carbonyl (C=O) groups is 1. The number of ether oxygens (including phenoxy) is 1. The standard InChI is InChI=1S/C20H21FN2O2/c1-13-2-3-14(10-18(13)21)11-19-16-5-4-15(12-17(16)20(24)25-19)23-8-6-22-7-9-23/h2-5,10,12,19,22H,6-9,11H2,1H3. The van der Waals surface area contributed by atoms with Crippen molar-refractivity contribution in [2.45, 2.75) is 19.4 Å². The average molecular weight is 340 g/mol. The van der Waals surface area contributed by atoms with Gasteiger partial charge in [-0.15, -0.1) is 0 Å². The Kier molecular flexibility index (Phi) is 4.17. The van der Waals surface area contributed by atoms with Crippen molar-refractivity contribution in [1.29, 1.82) is 0 Å². The zero-order valence-corrected chi connectivity index (χ0v) is 14.2. The number of benzene rings is 2. The minimum Gasteiger partial charge on any atom is -0.454 e. The molecule has 1 atom stereocenters. The van der Waals surface area contributed by atoms with E-state index >= 15 is 0 Å². The molecule has 2 aliphatic rings. The molecule has 0 aliphatic carbocycles. The zero-order chi connectivity index (χ0) is 17.4. The summed E-state index contributed by atoms with van der Waals surface area (Å²) in [6, 6.07) is 11.1. The number of rotatable bonds is 3. The Bertz CT molecular complexity index is 815. The highest BCUT2D eigenvalue weighted by Crippen LogP contribution is 2.35. The summed E-state index contributed by atoms with van der Waals surface area (Å²) in [4.78, 5) is 14.6. The van der Waals surface area contributed by atoms with Crippen LogP contribution in [0.5, 0.6) is 0 Å². The van der Waals surface area contributed by atoms with E-state index in [4.69, 9.17) is 4.74 Å². The van der Waals surface area contributed by atoms with E-state index in [1.54, 1.807) is 13.0 Å². The van der Waals surface area contributed by atoms with Crippen LogP contribution in [0, 0.1) is 12.7 Å². The molecular weight excluding hydrogens is 319 g/mol. The van der Waals surface area contributed by atoms with Crippen LogP contribution in [0.1, 0.15) is 33.2 Å². The van der Waals surface area contributed by atoms with E-state index in [2.05, 4.69) is 16.3 Å². The third kappa shape index (κ3) is 3.12. The number of carbonyl (C=O) groups excluding carboxylic acids is 1. The molecular formula is C20H21FN2O2. The highest BCUT2D eigenvalue weighted by molar-refractivity contribution is 5.95. The van der Waals surface area contributed by atoms with E-state index < -0.39 is 0 Å². The quantitative estimate of drug-likeness (QED) is 0.872. The second-order valence-electron chi connectivity index (χ2n) is 6.69. The molecule has 2 aromatic rings. The molecule has 0 saturated carbocycles. The van der Waals surface area contributed by atoms with Crippen LogP contribution < -0.4 is 10.2 Å². The Morgan fingerprint density at radius 1 is 1.20 bits per heavy atom. The zero-order valence-electron chi connectivity index (χ0n) is 14.2. The number of cyclic esters (lactones) is 1. The number of hydrogen-bond donors (Lipinski definition) is 1. The van der Waals surface area contributed by atoms with Gasteiger partial charge in [-0.05, 0) is 36.2 Å². The van der Waals surface area contributed by atoms with Crippen LogP contribution >= 0.6 is 0 Å². The van der Waals surface area contributed by atoms with Gasteiger partial charge in [-0.3, -0.25) is 0 Å². The lowest BCUT2D eigenvalue weighted by atomic mass is 9.98. The summed E-state index contributed by atoms with van der Waals surface area (Å²) < 4.78 is 19.3. The largest absolute Gasteiger partial charge is 0.454 e. The molecule has 5 heteroatoms. The molecule has 0 aromatic heterocycles. The molecule has 0 bridgehead atoms. The number of hydrogen-bond acceptors (Lipinski definition) is 4. The first-order chi connectivity index (χ1) is 12.1. The number of aryl methyl sites for hydroxylation is 1. The third-order valence-electron chi connectivity index (χ3n) is 4.99. The van der Waals surface area contributed by atoms with E-state index in [9.17, 15) is 9.18 Å². The van der Waals surface area contributed by atoms with Crippen molar-refractivity contribution in [3.63, 3.8) is 0 Å². The Hall–Kier alpha value is -2.40. The number of nitrogens with zero attached hydrogens (tertiary/aromatic N) is 1. The smallest absolute Gasteiger partial charge is 0.339 e. The molecule has 2 heterocycles. The molecule has 2 aliphatic heterocycles. The van der Waals surface area contributed by atoms with Crippen molar-refractivity contribution in [3.8, 4) is 0 Å². The SMILES string of the molecule is Cc1ccc(CC2OC(=O)c3cc(N4CCNCC4)ccc32)cc1F. The highest BCUT2D eigenvalue weighted by atomic mass is 19.1. The minimum absolute atomic E-state index is 0.226. The molecule has 25 heavy (non-hydrogen) atoms. The highest BCUT2D eigenvalue weighted by Gasteiger charge is 2.32. The van der Waals surface area contributed by atoms with E-state index in [1.807, 2.05) is 18.2 Å². The number of esters is 1. The average Bonchev–Trinajstić information content (AvgIpc) is 2.94. The molecule has 0 spiro atoms. The van der Waals surface area contributed by atoms with Gasteiger partial charge < -0.3 is 15.0 Å². The normalized spacial score (nSPS) is 19.7. The van der Waals surface area contributed by atoms with E-state index in [1.165, 1.54) is 6.07 Å². The fourth-order valence-electron chi connectivity index (χ4n) is 3.51. The monoisotopic (exact) mass is 340 g/mol. The number of anilines is 1. The molecule has 2 aromatic carbocycles. The van der Waals surface area contributed by atoms with Gasteiger partial charge in [0.1, 0.15) is 11.9 Å². The third-order valence-corrected chi connectivity index (χ3v) is 4.99. The number of fused-ring (bicyclic) bond motifs is 1. The van der Waals surface area contributed by atoms with E-state index in [0.29, 0.717) is 17.5 Å².